The molecule has 0 saturated heterocycles. The SMILES string of the molecule is Cc1cc(Cl)ccc1-c1ccc(S(=O)(=O)Nc2cccc(C(O)C(F)(F)F)c2)cc1. The molecule has 30 heavy (non-hydrogen) atoms. The Morgan fingerprint density at radius 2 is 1.67 bits per heavy atom. The molecule has 0 radical (unpaired) electrons. The summed E-state index contributed by atoms with van der Waals surface area (Å²) in [6, 6.07) is 16.0. The van der Waals surface area contributed by atoms with Crippen LogP contribution in [0.4, 0.5) is 18.9 Å². The van der Waals surface area contributed by atoms with Gasteiger partial charge in [-0.05, 0) is 65.6 Å². The van der Waals surface area contributed by atoms with E-state index >= 15 is 0 Å². The van der Waals surface area contributed by atoms with E-state index in [1.165, 1.54) is 24.3 Å². The van der Waals surface area contributed by atoms with Gasteiger partial charge in [0, 0.05) is 10.7 Å². The molecule has 0 spiro atoms. The third kappa shape index (κ3) is 4.95. The van der Waals surface area contributed by atoms with Gasteiger partial charge in [0.05, 0.1) is 4.90 Å². The number of benzene rings is 3. The molecule has 0 aliphatic heterocycles. The van der Waals surface area contributed by atoms with Crippen molar-refractivity contribution in [1.82, 2.24) is 0 Å². The van der Waals surface area contributed by atoms with Crippen molar-refractivity contribution < 1.29 is 26.7 Å². The van der Waals surface area contributed by atoms with Crippen molar-refractivity contribution in [1.29, 1.82) is 0 Å². The summed E-state index contributed by atoms with van der Waals surface area (Å²) in [5.41, 5.74) is 2.06. The molecule has 1 atom stereocenters. The number of aliphatic hydroxyl groups is 1. The summed E-state index contributed by atoms with van der Waals surface area (Å²) < 4.78 is 65.6. The molecule has 2 N–H and O–H groups in total. The fourth-order valence-electron chi connectivity index (χ4n) is 2.94. The molecular weight excluding hydrogens is 439 g/mol. The standard InChI is InChI=1S/C21H17ClF3NO3S/c1-13-11-16(22)7-10-19(13)14-5-8-18(9-6-14)30(28,29)26-17-4-2-3-15(12-17)20(27)21(23,24)25/h2-12,20,26-27H,1H3. The summed E-state index contributed by atoms with van der Waals surface area (Å²) in [4.78, 5) is -0.0559. The Bertz CT molecular complexity index is 1160. The summed E-state index contributed by atoms with van der Waals surface area (Å²) in [6.07, 6.45) is -7.56. The largest absolute Gasteiger partial charge is 0.418 e. The van der Waals surface area contributed by atoms with Crippen LogP contribution in [0.3, 0.4) is 0 Å². The number of rotatable bonds is 5. The van der Waals surface area contributed by atoms with Crippen molar-refractivity contribution in [2.45, 2.75) is 24.1 Å². The Labute approximate surface area is 177 Å². The molecule has 0 bridgehead atoms. The first-order valence-electron chi connectivity index (χ1n) is 8.71. The summed E-state index contributed by atoms with van der Waals surface area (Å²) in [7, 11) is -4.04. The van der Waals surface area contributed by atoms with E-state index in [0.717, 1.165) is 28.8 Å². The number of anilines is 1. The van der Waals surface area contributed by atoms with Gasteiger partial charge in [-0.2, -0.15) is 13.2 Å². The number of aliphatic hydroxyl groups excluding tert-OH is 1. The van der Waals surface area contributed by atoms with Crippen LogP contribution in [0.1, 0.15) is 17.2 Å². The van der Waals surface area contributed by atoms with Crippen LogP contribution in [-0.2, 0) is 10.0 Å². The van der Waals surface area contributed by atoms with Crippen LogP contribution in [0.25, 0.3) is 11.1 Å². The number of alkyl halides is 3. The lowest BCUT2D eigenvalue weighted by Gasteiger charge is -2.16. The molecule has 0 heterocycles. The van der Waals surface area contributed by atoms with Crippen molar-refractivity contribution in [2.75, 3.05) is 4.72 Å². The van der Waals surface area contributed by atoms with E-state index in [0.29, 0.717) is 5.02 Å². The van der Waals surface area contributed by atoms with Gasteiger partial charge >= 0.3 is 6.18 Å². The van der Waals surface area contributed by atoms with Crippen molar-refractivity contribution in [3.63, 3.8) is 0 Å². The van der Waals surface area contributed by atoms with E-state index in [2.05, 4.69) is 4.72 Å². The molecule has 0 aliphatic carbocycles. The lowest BCUT2D eigenvalue weighted by Crippen LogP contribution is -2.20. The molecule has 3 aromatic carbocycles. The molecule has 3 rings (SSSR count). The lowest BCUT2D eigenvalue weighted by molar-refractivity contribution is -0.206. The van der Waals surface area contributed by atoms with E-state index in [9.17, 15) is 26.7 Å². The summed E-state index contributed by atoms with van der Waals surface area (Å²) in [5.74, 6) is 0. The van der Waals surface area contributed by atoms with Gasteiger partial charge in [0.2, 0.25) is 0 Å². The molecule has 3 aromatic rings. The summed E-state index contributed by atoms with van der Waals surface area (Å²) in [6.45, 7) is 1.88. The number of halogens is 4. The van der Waals surface area contributed by atoms with Crippen molar-refractivity contribution in [2.24, 2.45) is 0 Å². The van der Waals surface area contributed by atoms with Crippen molar-refractivity contribution in [3.8, 4) is 11.1 Å². The first-order valence-corrected chi connectivity index (χ1v) is 10.6. The van der Waals surface area contributed by atoms with Gasteiger partial charge in [-0.25, -0.2) is 8.42 Å². The molecule has 1 unspecified atom stereocenters. The Morgan fingerprint density at radius 1 is 1.00 bits per heavy atom. The average Bonchev–Trinajstić information content (AvgIpc) is 2.67. The van der Waals surface area contributed by atoms with Crippen LogP contribution in [0.15, 0.2) is 71.6 Å². The Kier molecular flexibility index (Phi) is 6.12. The van der Waals surface area contributed by atoms with Gasteiger partial charge in [0.25, 0.3) is 10.0 Å². The molecule has 0 aromatic heterocycles. The fraction of sp³-hybridized carbons (Fsp3) is 0.143. The number of hydrogen-bond acceptors (Lipinski definition) is 3. The molecular formula is C21H17ClF3NO3S. The Hall–Kier alpha value is -2.55. The van der Waals surface area contributed by atoms with Crippen LogP contribution in [0.5, 0.6) is 0 Å². The minimum absolute atomic E-state index is 0.0559. The topological polar surface area (TPSA) is 66.4 Å². The van der Waals surface area contributed by atoms with E-state index < -0.39 is 27.9 Å². The highest BCUT2D eigenvalue weighted by molar-refractivity contribution is 7.92. The number of aryl methyl sites for hydroxylation is 1. The van der Waals surface area contributed by atoms with E-state index in [1.54, 1.807) is 24.3 Å². The van der Waals surface area contributed by atoms with Gasteiger partial charge in [-0.15, -0.1) is 0 Å². The maximum absolute atomic E-state index is 12.7. The highest BCUT2D eigenvalue weighted by Gasteiger charge is 2.39. The minimum atomic E-state index is -4.85. The molecule has 0 amide bonds. The molecule has 0 fully saturated rings. The zero-order valence-electron chi connectivity index (χ0n) is 15.6. The maximum Gasteiger partial charge on any atom is 0.418 e. The van der Waals surface area contributed by atoms with Crippen LogP contribution in [-0.4, -0.2) is 19.7 Å². The van der Waals surface area contributed by atoms with Gasteiger partial charge in [-0.3, -0.25) is 4.72 Å². The van der Waals surface area contributed by atoms with Gasteiger partial charge in [-0.1, -0.05) is 41.9 Å². The third-order valence-corrected chi connectivity index (χ3v) is 6.06. The number of sulfonamides is 1. The average molecular weight is 456 g/mol. The van der Waals surface area contributed by atoms with E-state index in [1.807, 2.05) is 13.0 Å². The van der Waals surface area contributed by atoms with E-state index in [-0.39, 0.29) is 10.6 Å². The molecule has 158 valence electrons. The third-order valence-electron chi connectivity index (χ3n) is 4.43. The quantitative estimate of drug-likeness (QED) is 0.517. The predicted molar refractivity (Wildman–Crippen MR) is 110 cm³/mol. The van der Waals surface area contributed by atoms with Crippen LogP contribution >= 0.6 is 11.6 Å². The second kappa shape index (κ2) is 8.29. The Balaban J connectivity index is 1.84. The highest BCUT2D eigenvalue weighted by Crippen LogP contribution is 2.33. The molecule has 4 nitrogen and oxygen atoms in total. The minimum Gasteiger partial charge on any atom is -0.379 e. The van der Waals surface area contributed by atoms with Crippen LogP contribution in [0, 0.1) is 6.92 Å². The van der Waals surface area contributed by atoms with Gasteiger partial charge in [0.15, 0.2) is 6.10 Å². The second-order valence-electron chi connectivity index (χ2n) is 6.66. The van der Waals surface area contributed by atoms with Crippen LogP contribution < -0.4 is 4.72 Å². The number of nitrogens with one attached hydrogen (secondary N) is 1. The monoisotopic (exact) mass is 455 g/mol. The number of hydrogen-bond donors (Lipinski definition) is 2. The van der Waals surface area contributed by atoms with E-state index in [4.69, 9.17) is 11.6 Å². The predicted octanol–water partition coefficient (Wildman–Crippen LogP) is 5.71. The normalized spacial score (nSPS) is 13.1. The van der Waals surface area contributed by atoms with Gasteiger partial charge < -0.3 is 5.11 Å². The maximum atomic E-state index is 12.7. The lowest BCUT2D eigenvalue weighted by atomic mass is 10.0. The molecule has 0 saturated carbocycles. The molecule has 0 aliphatic rings. The smallest absolute Gasteiger partial charge is 0.379 e. The second-order valence-corrected chi connectivity index (χ2v) is 8.78. The van der Waals surface area contributed by atoms with Crippen LogP contribution in [0.2, 0.25) is 5.02 Å². The Morgan fingerprint density at radius 3 is 2.27 bits per heavy atom. The van der Waals surface area contributed by atoms with Gasteiger partial charge in [0.1, 0.15) is 0 Å². The zero-order valence-corrected chi connectivity index (χ0v) is 17.2. The fourth-order valence-corrected chi connectivity index (χ4v) is 4.22. The highest BCUT2D eigenvalue weighted by atomic mass is 35.5. The summed E-state index contributed by atoms with van der Waals surface area (Å²) >= 11 is 5.96. The summed E-state index contributed by atoms with van der Waals surface area (Å²) in [5, 5.41) is 9.96. The zero-order chi connectivity index (χ0) is 22.1. The van der Waals surface area contributed by atoms with Crippen molar-refractivity contribution in [3.05, 3.63) is 82.9 Å². The molecule has 9 heteroatoms. The first kappa shape index (κ1) is 22.1. The van der Waals surface area contributed by atoms with Crippen molar-refractivity contribution >= 4 is 27.3 Å². The first-order chi connectivity index (χ1) is 14.0.